The maximum absolute atomic E-state index is 10.2. The molecule has 0 aliphatic heterocycles. The molecule has 30 heavy (non-hydrogen) atoms. The molecular formula is C29H50O. The molecule has 0 amide bonds. The predicted octanol–water partition coefficient (Wildman–Crippen LogP) is 8.02. The van der Waals surface area contributed by atoms with Crippen LogP contribution in [0, 0.1) is 52.3 Å². The second-order valence-corrected chi connectivity index (χ2v) is 12.9. The van der Waals surface area contributed by atoms with Crippen molar-refractivity contribution < 1.29 is 5.11 Å². The molecule has 3 fully saturated rings. The van der Waals surface area contributed by atoms with Crippen LogP contribution in [0.1, 0.15) is 112 Å². The summed E-state index contributed by atoms with van der Waals surface area (Å²) in [6, 6.07) is 0. The molecular weight excluding hydrogens is 364 g/mol. The number of aliphatic hydroxyl groups is 1. The van der Waals surface area contributed by atoms with E-state index in [0.717, 1.165) is 54.3 Å². The molecule has 3 saturated carbocycles. The zero-order chi connectivity index (χ0) is 21.7. The molecule has 0 saturated heterocycles. The largest absolute Gasteiger partial charge is 0.393 e. The average Bonchev–Trinajstić information content (AvgIpc) is 3.06. The first-order valence-corrected chi connectivity index (χ1v) is 13.6. The Morgan fingerprint density at radius 1 is 1.00 bits per heavy atom. The van der Waals surface area contributed by atoms with Gasteiger partial charge in [0.2, 0.25) is 0 Å². The quantitative estimate of drug-likeness (QED) is 0.436. The summed E-state index contributed by atoms with van der Waals surface area (Å²) in [5, 5.41) is 10.2. The number of hydrogen-bond donors (Lipinski definition) is 1. The van der Waals surface area contributed by atoms with Gasteiger partial charge in [0.05, 0.1) is 6.10 Å². The van der Waals surface area contributed by atoms with Gasteiger partial charge in [-0.2, -0.15) is 0 Å². The van der Waals surface area contributed by atoms with Crippen LogP contribution in [0.4, 0.5) is 0 Å². The Labute approximate surface area is 187 Å². The molecule has 0 radical (unpaired) electrons. The van der Waals surface area contributed by atoms with Crippen LogP contribution in [0.25, 0.3) is 0 Å². The van der Waals surface area contributed by atoms with Gasteiger partial charge in [-0.25, -0.2) is 0 Å². The van der Waals surface area contributed by atoms with Gasteiger partial charge in [-0.3, -0.25) is 0 Å². The number of aliphatic hydroxyl groups excluding tert-OH is 1. The number of rotatable bonds is 6. The first kappa shape index (κ1) is 22.9. The van der Waals surface area contributed by atoms with Crippen molar-refractivity contribution in [2.24, 2.45) is 52.3 Å². The third-order valence-electron chi connectivity index (χ3n) is 11.3. The van der Waals surface area contributed by atoms with Gasteiger partial charge in [-0.15, -0.1) is 0 Å². The van der Waals surface area contributed by atoms with E-state index in [1.165, 1.54) is 57.8 Å². The van der Waals surface area contributed by atoms with Crippen molar-refractivity contribution >= 4 is 0 Å². The lowest BCUT2D eigenvalue weighted by Gasteiger charge is -2.58. The van der Waals surface area contributed by atoms with Gasteiger partial charge in [-0.05, 0) is 110 Å². The highest BCUT2D eigenvalue weighted by atomic mass is 16.3. The average molecular weight is 415 g/mol. The molecule has 0 bridgehead atoms. The van der Waals surface area contributed by atoms with E-state index in [-0.39, 0.29) is 6.10 Å². The summed E-state index contributed by atoms with van der Waals surface area (Å²) in [7, 11) is 0. The number of hydrogen-bond acceptors (Lipinski definition) is 1. The lowest BCUT2D eigenvalue weighted by Crippen LogP contribution is -2.50. The Hall–Kier alpha value is -0.300. The minimum Gasteiger partial charge on any atom is -0.393 e. The standard InChI is InChI=1S/C29H50O/c1-7-21(19(2)3)9-8-20(4)25-12-13-26-24-11-10-22-18-23(30)14-16-28(22,5)27(24)15-17-29(25,26)6/h10,19-21,23-27,30H,7-9,11-18H2,1-6H3/t20-,21-,23?,24+,25-,26+,27+,28+,29?/m1/s1. The van der Waals surface area contributed by atoms with Gasteiger partial charge in [0.15, 0.2) is 0 Å². The highest BCUT2D eigenvalue weighted by Gasteiger charge is 2.59. The van der Waals surface area contributed by atoms with E-state index in [0.29, 0.717) is 10.8 Å². The van der Waals surface area contributed by atoms with Crippen LogP contribution >= 0.6 is 0 Å². The molecule has 2 unspecified atom stereocenters. The van der Waals surface area contributed by atoms with Crippen molar-refractivity contribution in [3.8, 4) is 0 Å². The van der Waals surface area contributed by atoms with Gasteiger partial charge < -0.3 is 5.11 Å². The molecule has 0 spiro atoms. The number of allylic oxidation sites excluding steroid dienone is 1. The first-order chi connectivity index (χ1) is 14.2. The van der Waals surface area contributed by atoms with Crippen LogP contribution < -0.4 is 0 Å². The van der Waals surface area contributed by atoms with Crippen LogP contribution in [0.5, 0.6) is 0 Å². The van der Waals surface area contributed by atoms with Gasteiger partial charge in [-0.1, -0.05) is 66.0 Å². The van der Waals surface area contributed by atoms with Crippen molar-refractivity contribution in [2.75, 3.05) is 0 Å². The normalized spacial score (nSPS) is 45.3. The zero-order valence-electron chi connectivity index (χ0n) is 20.9. The van der Waals surface area contributed by atoms with Crippen LogP contribution in [-0.4, -0.2) is 11.2 Å². The second kappa shape index (κ2) is 8.57. The fourth-order valence-corrected chi connectivity index (χ4v) is 9.30. The van der Waals surface area contributed by atoms with Crippen molar-refractivity contribution in [3.63, 3.8) is 0 Å². The molecule has 0 aromatic carbocycles. The molecule has 1 N–H and O–H groups in total. The van der Waals surface area contributed by atoms with Crippen LogP contribution in [0.15, 0.2) is 11.6 Å². The predicted molar refractivity (Wildman–Crippen MR) is 128 cm³/mol. The molecule has 172 valence electrons. The van der Waals surface area contributed by atoms with Gasteiger partial charge in [0.1, 0.15) is 0 Å². The van der Waals surface area contributed by atoms with Crippen LogP contribution in [-0.2, 0) is 0 Å². The van der Waals surface area contributed by atoms with Crippen molar-refractivity contribution in [1.29, 1.82) is 0 Å². The Kier molecular flexibility index (Phi) is 6.53. The summed E-state index contributed by atoms with van der Waals surface area (Å²) in [6.07, 6.45) is 17.1. The lowest BCUT2D eigenvalue weighted by molar-refractivity contribution is -0.0575. The zero-order valence-corrected chi connectivity index (χ0v) is 20.9. The van der Waals surface area contributed by atoms with E-state index >= 15 is 0 Å². The van der Waals surface area contributed by atoms with Crippen molar-refractivity contribution in [3.05, 3.63) is 11.6 Å². The summed E-state index contributed by atoms with van der Waals surface area (Å²) in [4.78, 5) is 0. The lowest BCUT2D eigenvalue weighted by atomic mass is 9.47. The molecule has 0 heterocycles. The Balaban J connectivity index is 1.47. The van der Waals surface area contributed by atoms with Crippen molar-refractivity contribution in [1.82, 2.24) is 0 Å². The second-order valence-electron chi connectivity index (χ2n) is 12.9. The smallest absolute Gasteiger partial charge is 0.0577 e. The fourth-order valence-electron chi connectivity index (χ4n) is 9.30. The maximum Gasteiger partial charge on any atom is 0.0577 e. The molecule has 0 aromatic rings. The van der Waals surface area contributed by atoms with E-state index in [1.807, 2.05) is 0 Å². The molecule has 4 aliphatic rings. The van der Waals surface area contributed by atoms with Crippen LogP contribution in [0.3, 0.4) is 0 Å². The van der Waals surface area contributed by atoms with Gasteiger partial charge in [0.25, 0.3) is 0 Å². The summed E-state index contributed by atoms with van der Waals surface area (Å²) in [6.45, 7) is 15.1. The Bertz CT molecular complexity index is 634. The van der Waals surface area contributed by atoms with E-state index in [9.17, 15) is 5.11 Å². The summed E-state index contributed by atoms with van der Waals surface area (Å²) in [5.74, 6) is 6.31. The monoisotopic (exact) mass is 414 g/mol. The topological polar surface area (TPSA) is 20.2 Å². The molecule has 9 atom stereocenters. The maximum atomic E-state index is 10.2. The summed E-state index contributed by atoms with van der Waals surface area (Å²) in [5.41, 5.74) is 2.59. The molecule has 1 heteroatoms. The highest BCUT2D eigenvalue weighted by Crippen LogP contribution is 2.67. The molecule has 0 aromatic heterocycles. The van der Waals surface area contributed by atoms with E-state index in [4.69, 9.17) is 0 Å². The van der Waals surface area contributed by atoms with E-state index < -0.39 is 0 Å². The Morgan fingerprint density at radius 3 is 2.47 bits per heavy atom. The van der Waals surface area contributed by atoms with Gasteiger partial charge in [0, 0.05) is 0 Å². The third-order valence-corrected chi connectivity index (χ3v) is 11.3. The van der Waals surface area contributed by atoms with Gasteiger partial charge >= 0.3 is 0 Å². The van der Waals surface area contributed by atoms with Crippen LogP contribution in [0.2, 0.25) is 0 Å². The molecule has 1 nitrogen and oxygen atoms in total. The minimum absolute atomic E-state index is 0.0794. The number of fused-ring (bicyclic) bond motifs is 5. The summed E-state index contributed by atoms with van der Waals surface area (Å²) < 4.78 is 0. The third kappa shape index (κ3) is 3.74. The van der Waals surface area contributed by atoms with Crippen molar-refractivity contribution in [2.45, 2.75) is 118 Å². The SMILES string of the molecule is CC[C@H](CC[C@@H](C)[C@H]1CC[C@H]2[C@@H]3CC=C4CC(O)CC[C@]4(C)[C@H]3CCC12C)C(C)C. The Morgan fingerprint density at radius 2 is 1.77 bits per heavy atom. The van der Waals surface area contributed by atoms with E-state index in [1.54, 1.807) is 5.57 Å². The van der Waals surface area contributed by atoms with E-state index in [2.05, 4.69) is 47.6 Å². The summed E-state index contributed by atoms with van der Waals surface area (Å²) >= 11 is 0. The first-order valence-electron chi connectivity index (χ1n) is 13.6. The minimum atomic E-state index is -0.0794. The highest BCUT2D eigenvalue weighted by molar-refractivity contribution is 5.25. The fraction of sp³-hybridized carbons (Fsp3) is 0.931. The molecule has 4 aliphatic carbocycles. The molecule has 4 rings (SSSR count).